The molecule has 1 aromatic heterocycles. The zero-order chi connectivity index (χ0) is 13.3. The van der Waals surface area contributed by atoms with E-state index in [1.165, 1.54) is 17.3 Å². The normalized spacial score (nSPS) is 11.6. The Bertz CT molecular complexity index is 576. The van der Waals surface area contributed by atoms with E-state index in [2.05, 4.69) is 24.6 Å². The second-order valence-corrected chi connectivity index (χ2v) is 10.4. The van der Waals surface area contributed by atoms with E-state index in [0.29, 0.717) is 11.3 Å². The lowest BCUT2D eigenvalue weighted by Gasteiger charge is -2.17. The zero-order valence-corrected chi connectivity index (χ0v) is 11.7. The summed E-state index contributed by atoms with van der Waals surface area (Å²) in [6.07, 6.45) is 1.69. The molecular weight excluding hydrogens is 248 g/mol. The molecule has 1 aromatic carbocycles. The highest BCUT2D eigenvalue weighted by Gasteiger charge is 2.17. The lowest BCUT2D eigenvalue weighted by Crippen LogP contribution is -2.37. The third kappa shape index (κ3) is 2.64. The smallest absolute Gasteiger partial charge is 0.135 e. The Morgan fingerprint density at radius 3 is 2.33 bits per heavy atom. The molecule has 0 fully saturated rings. The Morgan fingerprint density at radius 1 is 1.00 bits per heavy atom. The highest BCUT2D eigenvalue weighted by atomic mass is 28.3. The molecule has 0 saturated heterocycles. The van der Waals surface area contributed by atoms with Gasteiger partial charge in [0.05, 0.1) is 13.8 Å². The summed E-state index contributed by atoms with van der Waals surface area (Å²) in [6, 6.07) is 7.44. The van der Waals surface area contributed by atoms with Gasteiger partial charge in [-0.1, -0.05) is 24.8 Å². The van der Waals surface area contributed by atoms with Crippen molar-refractivity contribution in [1.29, 1.82) is 0 Å². The van der Waals surface area contributed by atoms with Gasteiger partial charge in [-0.05, 0) is 24.3 Å². The van der Waals surface area contributed by atoms with Crippen LogP contribution in [-0.2, 0) is 0 Å². The van der Waals surface area contributed by atoms with Crippen LogP contribution in [0.2, 0.25) is 19.6 Å². The maximum atomic E-state index is 13.7. The number of pyridine rings is 1. The zero-order valence-electron chi connectivity index (χ0n) is 10.7. The summed E-state index contributed by atoms with van der Waals surface area (Å²) in [7, 11) is -1.46. The van der Waals surface area contributed by atoms with Crippen molar-refractivity contribution in [2.24, 2.45) is 0 Å². The van der Waals surface area contributed by atoms with Crippen molar-refractivity contribution in [2.75, 3.05) is 0 Å². The van der Waals surface area contributed by atoms with E-state index in [4.69, 9.17) is 0 Å². The number of hydrogen-bond acceptors (Lipinski definition) is 1. The third-order valence-corrected chi connectivity index (χ3v) is 4.88. The maximum Gasteiger partial charge on any atom is 0.135 e. The Balaban J connectivity index is 2.51. The summed E-state index contributed by atoms with van der Waals surface area (Å²) >= 11 is 0. The van der Waals surface area contributed by atoms with Gasteiger partial charge in [-0.2, -0.15) is 0 Å². The van der Waals surface area contributed by atoms with E-state index >= 15 is 0 Å². The summed E-state index contributed by atoms with van der Waals surface area (Å²) in [5.74, 6) is -1.15. The Hall–Kier alpha value is -1.55. The first-order valence-corrected chi connectivity index (χ1v) is 9.30. The summed E-state index contributed by atoms with van der Waals surface area (Å²) in [6.45, 7) is 6.65. The summed E-state index contributed by atoms with van der Waals surface area (Å²) in [5, 5.41) is 1.20. The molecule has 1 nitrogen and oxygen atoms in total. The molecule has 0 radical (unpaired) electrons. The van der Waals surface area contributed by atoms with Gasteiger partial charge in [0.15, 0.2) is 0 Å². The molecule has 0 aliphatic carbocycles. The van der Waals surface area contributed by atoms with Crippen molar-refractivity contribution in [1.82, 2.24) is 4.98 Å². The van der Waals surface area contributed by atoms with Crippen molar-refractivity contribution in [3.05, 3.63) is 48.2 Å². The highest BCUT2D eigenvalue weighted by molar-refractivity contribution is 6.88. The van der Waals surface area contributed by atoms with Gasteiger partial charge < -0.3 is 0 Å². The van der Waals surface area contributed by atoms with Crippen molar-refractivity contribution in [3.8, 4) is 11.3 Å². The molecule has 0 N–H and O–H groups in total. The molecule has 94 valence electrons. The SMILES string of the molecule is C[Si](C)(C)c1ccnc(-c2ccc(F)cc2F)c1. The predicted molar refractivity (Wildman–Crippen MR) is 72.6 cm³/mol. The van der Waals surface area contributed by atoms with Gasteiger partial charge in [0.25, 0.3) is 0 Å². The van der Waals surface area contributed by atoms with E-state index in [0.717, 1.165) is 6.07 Å². The van der Waals surface area contributed by atoms with Crippen molar-refractivity contribution in [3.63, 3.8) is 0 Å². The van der Waals surface area contributed by atoms with Crippen molar-refractivity contribution < 1.29 is 8.78 Å². The molecule has 1 heterocycles. The van der Waals surface area contributed by atoms with E-state index in [-0.39, 0.29) is 0 Å². The quantitative estimate of drug-likeness (QED) is 0.755. The van der Waals surface area contributed by atoms with Gasteiger partial charge in [-0.25, -0.2) is 8.78 Å². The number of nitrogens with zero attached hydrogens (tertiary/aromatic N) is 1. The first-order chi connectivity index (χ1) is 8.38. The number of aromatic nitrogens is 1. The van der Waals surface area contributed by atoms with E-state index in [1.54, 1.807) is 6.20 Å². The molecule has 0 bridgehead atoms. The van der Waals surface area contributed by atoms with Crippen LogP contribution in [0.25, 0.3) is 11.3 Å². The molecule has 0 unspecified atom stereocenters. The Kier molecular flexibility index (Phi) is 3.30. The number of rotatable bonds is 2. The van der Waals surface area contributed by atoms with Gasteiger partial charge in [0.2, 0.25) is 0 Å². The first-order valence-electron chi connectivity index (χ1n) is 5.80. The molecule has 0 atom stereocenters. The van der Waals surface area contributed by atoms with Gasteiger partial charge in [0, 0.05) is 17.8 Å². The van der Waals surface area contributed by atoms with E-state index < -0.39 is 19.7 Å². The van der Waals surface area contributed by atoms with Gasteiger partial charge >= 0.3 is 0 Å². The molecule has 18 heavy (non-hydrogen) atoms. The monoisotopic (exact) mass is 263 g/mol. The second kappa shape index (κ2) is 4.61. The van der Waals surface area contributed by atoms with Crippen LogP contribution in [0.15, 0.2) is 36.5 Å². The standard InChI is InChI=1S/C14H15F2NSi/c1-18(2,3)11-6-7-17-14(9-11)12-5-4-10(15)8-13(12)16/h4-9H,1-3H3. The average Bonchev–Trinajstić information content (AvgIpc) is 2.28. The molecule has 0 aliphatic rings. The molecule has 0 saturated carbocycles. The fourth-order valence-corrected chi connectivity index (χ4v) is 2.89. The minimum Gasteiger partial charge on any atom is -0.256 e. The average molecular weight is 263 g/mol. The molecular formula is C14H15F2NSi. The first kappa shape index (κ1) is 12.9. The lowest BCUT2D eigenvalue weighted by molar-refractivity contribution is 0.585. The summed E-state index contributed by atoms with van der Waals surface area (Å²) < 4.78 is 26.6. The summed E-state index contributed by atoms with van der Waals surface area (Å²) in [5.41, 5.74) is 0.906. The highest BCUT2D eigenvalue weighted by Crippen LogP contribution is 2.21. The van der Waals surface area contributed by atoms with Crippen LogP contribution in [0, 0.1) is 11.6 Å². The van der Waals surface area contributed by atoms with Crippen molar-refractivity contribution in [2.45, 2.75) is 19.6 Å². The Labute approximate surface area is 107 Å². The minimum atomic E-state index is -1.46. The van der Waals surface area contributed by atoms with E-state index in [1.807, 2.05) is 12.1 Å². The van der Waals surface area contributed by atoms with Crippen LogP contribution < -0.4 is 5.19 Å². The maximum absolute atomic E-state index is 13.7. The lowest BCUT2D eigenvalue weighted by atomic mass is 10.1. The predicted octanol–water partition coefficient (Wildman–Crippen LogP) is 3.57. The number of benzene rings is 1. The van der Waals surface area contributed by atoms with Crippen LogP contribution in [-0.4, -0.2) is 13.1 Å². The Morgan fingerprint density at radius 2 is 1.72 bits per heavy atom. The molecule has 0 amide bonds. The molecule has 2 rings (SSSR count). The van der Waals surface area contributed by atoms with E-state index in [9.17, 15) is 8.78 Å². The topological polar surface area (TPSA) is 12.9 Å². The van der Waals surface area contributed by atoms with Crippen LogP contribution >= 0.6 is 0 Å². The second-order valence-electron chi connectivity index (χ2n) is 5.30. The van der Waals surface area contributed by atoms with Gasteiger partial charge in [-0.15, -0.1) is 0 Å². The van der Waals surface area contributed by atoms with Gasteiger partial charge in [0.1, 0.15) is 11.6 Å². The van der Waals surface area contributed by atoms with Crippen LogP contribution in [0.1, 0.15) is 0 Å². The number of hydrogen-bond donors (Lipinski definition) is 0. The van der Waals surface area contributed by atoms with Crippen LogP contribution in [0.5, 0.6) is 0 Å². The largest absolute Gasteiger partial charge is 0.256 e. The van der Waals surface area contributed by atoms with Crippen LogP contribution in [0.3, 0.4) is 0 Å². The molecule has 0 aliphatic heterocycles. The fourth-order valence-electron chi connectivity index (χ4n) is 1.74. The van der Waals surface area contributed by atoms with Gasteiger partial charge in [-0.3, -0.25) is 4.98 Å². The van der Waals surface area contributed by atoms with Crippen LogP contribution in [0.4, 0.5) is 8.78 Å². The third-order valence-electron chi connectivity index (χ3n) is 2.83. The summed E-state index contributed by atoms with van der Waals surface area (Å²) in [4.78, 5) is 4.17. The van der Waals surface area contributed by atoms with Crippen molar-refractivity contribution >= 4 is 13.3 Å². The molecule has 4 heteroatoms. The molecule has 2 aromatic rings. The molecule has 0 spiro atoms. The number of halogens is 2. The minimum absolute atomic E-state index is 0.344. The fraction of sp³-hybridized carbons (Fsp3) is 0.214.